The first-order chi connectivity index (χ1) is 11.7. The highest BCUT2D eigenvalue weighted by Gasteiger charge is 2.27. The van der Waals surface area contributed by atoms with E-state index < -0.39 is 0 Å². The van der Waals surface area contributed by atoms with E-state index in [1.165, 1.54) is 22.2 Å². The lowest BCUT2D eigenvalue weighted by atomic mass is 10.0. The van der Waals surface area contributed by atoms with Crippen molar-refractivity contribution in [3.63, 3.8) is 0 Å². The number of rotatable bonds is 7. The maximum Gasteiger partial charge on any atom is 0.230 e. The van der Waals surface area contributed by atoms with Crippen molar-refractivity contribution in [3.8, 4) is 11.6 Å². The van der Waals surface area contributed by atoms with Crippen molar-refractivity contribution in [2.45, 2.75) is 26.8 Å². The minimum absolute atomic E-state index is 0.0378. The normalized spacial score (nSPS) is 12.8. The van der Waals surface area contributed by atoms with Gasteiger partial charge in [0.15, 0.2) is 0 Å². The number of thiazole rings is 1. The molecule has 1 aromatic carbocycles. The van der Waals surface area contributed by atoms with Crippen molar-refractivity contribution in [2.24, 2.45) is 0 Å². The summed E-state index contributed by atoms with van der Waals surface area (Å²) in [5.74, 6) is 1.02. The second-order valence-electron chi connectivity index (χ2n) is 5.37. The van der Waals surface area contributed by atoms with E-state index in [2.05, 4.69) is 41.0 Å². The second-order valence-corrected chi connectivity index (χ2v) is 6.38. The van der Waals surface area contributed by atoms with Crippen LogP contribution in [0.4, 0.5) is 0 Å². The average Bonchev–Trinajstić information content (AvgIpc) is 3.17. The summed E-state index contributed by atoms with van der Waals surface area (Å²) in [4.78, 5) is 8.06. The summed E-state index contributed by atoms with van der Waals surface area (Å²) in [5, 5.41) is 14.7. The number of hydrogen-bond donors (Lipinski definition) is 1. The highest BCUT2D eigenvalue weighted by molar-refractivity contribution is 7.17. The quantitative estimate of drug-likeness (QED) is 0.711. The molecule has 0 saturated heterocycles. The lowest BCUT2D eigenvalue weighted by Crippen LogP contribution is -2.28. The van der Waals surface area contributed by atoms with E-state index in [-0.39, 0.29) is 11.9 Å². The molecule has 2 aromatic heterocycles. The summed E-state index contributed by atoms with van der Waals surface area (Å²) in [6.07, 6.45) is 1.46. The summed E-state index contributed by atoms with van der Waals surface area (Å²) in [6.45, 7) is 8.62. The van der Waals surface area contributed by atoms with Crippen LogP contribution in [-0.2, 0) is 0 Å². The molecule has 1 N–H and O–H groups in total. The van der Waals surface area contributed by atoms with E-state index in [9.17, 15) is 5.11 Å². The summed E-state index contributed by atoms with van der Waals surface area (Å²) in [6, 6.07) is 8.03. The molecule has 0 fully saturated rings. The number of aromatic hydroxyl groups is 1. The Labute approximate surface area is 145 Å². The molecule has 128 valence electrons. The van der Waals surface area contributed by atoms with E-state index in [4.69, 9.17) is 4.74 Å². The van der Waals surface area contributed by atoms with E-state index in [1.807, 2.05) is 19.1 Å². The maximum absolute atomic E-state index is 10.6. The Bertz CT molecular complexity index is 793. The molecule has 0 spiro atoms. The van der Waals surface area contributed by atoms with Crippen LogP contribution < -0.4 is 4.74 Å². The molecule has 2 heterocycles. The molecule has 1 atom stereocenters. The van der Waals surface area contributed by atoms with Crippen LogP contribution >= 0.6 is 11.3 Å². The highest BCUT2D eigenvalue weighted by Crippen LogP contribution is 2.39. The van der Waals surface area contributed by atoms with Crippen molar-refractivity contribution in [1.82, 2.24) is 19.5 Å². The Kier molecular flexibility index (Phi) is 5.01. The minimum atomic E-state index is -0.0378. The lowest BCUT2D eigenvalue weighted by molar-refractivity contribution is 0.248. The topological polar surface area (TPSA) is 62.9 Å². The van der Waals surface area contributed by atoms with E-state index in [1.54, 1.807) is 0 Å². The first-order valence-electron chi connectivity index (χ1n) is 8.17. The third-order valence-electron chi connectivity index (χ3n) is 4.07. The van der Waals surface area contributed by atoms with E-state index in [0.717, 1.165) is 29.3 Å². The van der Waals surface area contributed by atoms with Crippen LogP contribution in [0, 0.1) is 0 Å². The number of fused-ring (bicyclic) bond motifs is 1. The van der Waals surface area contributed by atoms with Crippen LogP contribution in [-0.4, -0.2) is 44.3 Å². The molecule has 0 aliphatic heterocycles. The lowest BCUT2D eigenvalue weighted by Gasteiger charge is -2.29. The summed E-state index contributed by atoms with van der Waals surface area (Å²) < 4.78 is 7.03. The molecule has 0 aliphatic rings. The van der Waals surface area contributed by atoms with Gasteiger partial charge in [0.05, 0.1) is 17.5 Å². The molecule has 0 aliphatic carbocycles. The van der Waals surface area contributed by atoms with Gasteiger partial charge in [0, 0.05) is 0 Å². The number of ether oxygens (including phenoxy) is 1. The molecule has 6 nitrogen and oxygen atoms in total. The molecule has 0 amide bonds. The third-order valence-corrected chi connectivity index (χ3v) is 5.16. The Morgan fingerprint density at radius 2 is 1.92 bits per heavy atom. The van der Waals surface area contributed by atoms with Crippen LogP contribution in [0.15, 0.2) is 30.6 Å². The van der Waals surface area contributed by atoms with Gasteiger partial charge in [-0.25, -0.2) is 4.98 Å². The summed E-state index contributed by atoms with van der Waals surface area (Å²) >= 11 is 1.47. The number of nitrogens with zero attached hydrogens (tertiary/aromatic N) is 4. The fourth-order valence-corrected chi connectivity index (χ4v) is 3.99. The zero-order chi connectivity index (χ0) is 17.1. The Morgan fingerprint density at radius 3 is 2.50 bits per heavy atom. The van der Waals surface area contributed by atoms with Gasteiger partial charge in [-0.15, -0.1) is 0 Å². The summed E-state index contributed by atoms with van der Waals surface area (Å²) in [5.41, 5.74) is 1.11. The minimum Gasteiger partial charge on any atom is -0.494 e. The fourth-order valence-electron chi connectivity index (χ4n) is 2.90. The molecular formula is C17H22N4O2S. The average molecular weight is 346 g/mol. The standard InChI is InChI=1S/C17H22N4O2S/c1-4-20(5-2)14(12-7-9-13(10-8-12)23-6-3)15-16(22)21-17(24-15)18-11-19-21/h7-11,14,22H,4-6H2,1-3H3. The monoisotopic (exact) mass is 346 g/mol. The zero-order valence-electron chi connectivity index (χ0n) is 14.1. The van der Waals surface area contributed by atoms with Gasteiger partial charge >= 0.3 is 0 Å². The Hall–Kier alpha value is -2.12. The van der Waals surface area contributed by atoms with Crippen LogP contribution in [0.2, 0.25) is 0 Å². The predicted octanol–water partition coefficient (Wildman–Crippen LogP) is 3.33. The fraction of sp³-hybridized carbons (Fsp3) is 0.412. The predicted molar refractivity (Wildman–Crippen MR) is 94.9 cm³/mol. The maximum atomic E-state index is 10.6. The van der Waals surface area contributed by atoms with Crippen molar-refractivity contribution in [2.75, 3.05) is 19.7 Å². The Morgan fingerprint density at radius 1 is 1.21 bits per heavy atom. The molecular weight excluding hydrogens is 324 g/mol. The Balaban J connectivity index is 2.05. The smallest absolute Gasteiger partial charge is 0.230 e. The molecule has 3 aromatic rings. The molecule has 1 unspecified atom stereocenters. The molecule has 7 heteroatoms. The number of hydrogen-bond acceptors (Lipinski definition) is 6. The molecule has 0 saturated carbocycles. The van der Waals surface area contributed by atoms with Crippen molar-refractivity contribution >= 4 is 16.3 Å². The van der Waals surface area contributed by atoms with Gasteiger partial charge in [-0.05, 0) is 37.7 Å². The van der Waals surface area contributed by atoms with Gasteiger partial charge < -0.3 is 9.84 Å². The van der Waals surface area contributed by atoms with Gasteiger partial charge in [0.2, 0.25) is 10.8 Å². The summed E-state index contributed by atoms with van der Waals surface area (Å²) in [7, 11) is 0. The van der Waals surface area contributed by atoms with Gasteiger partial charge in [0.1, 0.15) is 12.1 Å². The zero-order valence-corrected chi connectivity index (χ0v) is 15.0. The van der Waals surface area contributed by atoms with Gasteiger partial charge in [-0.1, -0.05) is 37.3 Å². The number of aromatic nitrogens is 3. The first kappa shape index (κ1) is 16.7. The van der Waals surface area contributed by atoms with Crippen molar-refractivity contribution in [3.05, 3.63) is 41.0 Å². The van der Waals surface area contributed by atoms with Crippen molar-refractivity contribution < 1.29 is 9.84 Å². The van der Waals surface area contributed by atoms with E-state index >= 15 is 0 Å². The highest BCUT2D eigenvalue weighted by atomic mass is 32.1. The van der Waals surface area contributed by atoms with Gasteiger partial charge in [-0.3, -0.25) is 4.90 Å². The molecule has 3 rings (SSSR count). The second kappa shape index (κ2) is 7.19. The van der Waals surface area contributed by atoms with Crippen LogP contribution in [0.3, 0.4) is 0 Å². The van der Waals surface area contributed by atoms with Crippen LogP contribution in [0.1, 0.15) is 37.3 Å². The third kappa shape index (κ3) is 2.97. The van der Waals surface area contributed by atoms with E-state index in [0.29, 0.717) is 11.6 Å². The largest absolute Gasteiger partial charge is 0.494 e. The van der Waals surface area contributed by atoms with Crippen LogP contribution in [0.25, 0.3) is 4.96 Å². The molecule has 0 bridgehead atoms. The van der Waals surface area contributed by atoms with Gasteiger partial charge in [-0.2, -0.15) is 9.61 Å². The van der Waals surface area contributed by atoms with Crippen LogP contribution in [0.5, 0.6) is 11.6 Å². The SMILES string of the molecule is CCOc1ccc(C(c2sc3ncnn3c2O)N(CC)CC)cc1. The molecule has 0 radical (unpaired) electrons. The van der Waals surface area contributed by atoms with Crippen molar-refractivity contribution in [1.29, 1.82) is 0 Å². The molecule has 24 heavy (non-hydrogen) atoms. The first-order valence-corrected chi connectivity index (χ1v) is 8.99. The van der Waals surface area contributed by atoms with Gasteiger partial charge in [0.25, 0.3) is 0 Å². The number of benzene rings is 1.